The molecular formula is C16H18BrCl2N5S. The number of aromatic nitrogens is 2. The molecule has 0 aliphatic rings. The molecule has 0 bridgehead atoms. The summed E-state index contributed by atoms with van der Waals surface area (Å²) in [5.74, 6) is 1.76. The molecule has 0 aliphatic carbocycles. The highest BCUT2D eigenvalue weighted by atomic mass is 79.9. The van der Waals surface area contributed by atoms with Crippen LogP contribution in [0.15, 0.2) is 45.2 Å². The fraction of sp³-hybridized carbons (Fsp3) is 0.312. The Kier molecular flexibility index (Phi) is 8.81. The third-order valence-corrected chi connectivity index (χ3v) is 4.74. The van der Waals surface area contributed by atoms with Crippen LogP contribution >= 0.6 is 50.9 Å². The average Bonchev–Trinajstić information content (AvgIpc) is 2.64. The van der Waals surface area contributed by atoms with E-state index in [1.54, 1.807) is 12.4 Å². The minimum Gasteiger partial charge on any atom is -0.369 e. The molecule has 0 atom stereocenters. The number of rotatable bonds is 9. The van der Waals surface area contributed by atoms with E-state index in [-0.39, 0.29) is 0 Å². The molecule has 0 saturated heterocycles. The lowest BCUT2D eigenvalue weighted by Crippen LogP contribution is -2.27. The normalized spacial score (nSPS) is 11.0. The number of hydrogen-bond donors (Lipinski definition) is 1. The van der Waals surface area contributed by atoms with Crippen molar-refractivity contribution in [3.8, 4) is 0 Å². The van der Waals surface area contributed by atoms with Crippen molar-refractivity contribution < 1.29 is 0 Å². The van der Waals surface area contributed by atoms with Gasteiger partial charge in [0, 0.05) is 36.7 Å². The fourth-order valence-electron chi connectivity index (χ4n) is 2.04. The van der Waals surface area contributed by atoms with Crippen molar-refractivity contribution in [3.05, 3.63) is 40.5 Å². The zero-order valence-corrected chi connectivity index (χ0v) is 17.5. The Morgan fingerprint density at radius 2 is 1.92 bits per heavy atom. The smallest absolute Gasteiger partial charge is 0.189 e. The molecule has 25 heavy (non-hydrogen) atoms. The molecule has 1 heterocycles. The molecule has 0 unspecified atom stereocenters. The summed E-state index contributed by atoms with van der Waals surface area (Å²) in [4.78, 5) is 10.7. The molecule has 0 fully saturated rings. The Labute approximate surface area is 170 Å². The number of hydrogen-bond acceptors (Lipinski definition) is 6. The molecule has 0 radical (unpaired) electrons. The lowest BCUT2D eigenvalue weighted by atomic mass is 10.2. The van der Waals surface area contributed by atoms with Crippen molar-refractivity contribution in [2.75, 3.05) is 41.4 Å². The summed E-state index contributed by atoms with van der Waals surface area (Å²) in [6.45, 7) is 1.53. The summed E-state index contributed by atoms with van der Waals surface area (Å²) in [7, 11) is 0. The van der Waals surface area contributed by atoms with Gasteiger partial charge in [-0.1, -0.05) is 23.9 Å². The maximum Gasteiger partial charge on any atom is 0.189 e. The van der Waals surface area contributed by atoms with E-state index in [4.69, 9.17) is 23.2 Å². The molecule has 1 aromatic carbocycles. The number of nitrogens with one attached hydrogen (secondary N) is 1. The second-order valence-corrected chi connectivity index (χ2v) is 7.26. The molecule has 2 rings (SSSR count). The van der Waals surface area contributed by atoms with Crippen LogP contribution in [0.4, 0.5) is 11.5 Å². The second-order valence-electron chi connectivity index (χ2n) is 4.88. The van der Waals surface area contributed by atoms with E-state index in [1.807, 2.05) is 30.5 Å². The number of halogens is 3. The van der Waals surface area contributed by atoms with E-state index in [2.05, 4.69) is 41.3 Å². The third kappa shape index (κ3) is 6.33. The van der Waals surface area contributed by atoms with Crippen LogP contribution in [0.25, 0.3) is 0 Å². The van der Waals surface area contributed by atoms with Crippen LogP contribution < -0.4 is 10.3 Å². The van der Waals surface area contributed by atoms with Gasteiger partial charge in [0.1, 0.15) is 0 Å². The molecule has 0 saturated carbocycles. The van der Waals surface area contributed by atoms with E-state index in [0.29, 0.717) is 22.7 Å². The molecule has 9 heteroatoms. The van der Waals surface area contributed by atoms with E-state index < -0.39 is 0 Å². The van der Waals surface area contributed by atoms with Gasteiger partial charge in [0.15, 0.2) is 11.0 Å². The first-order chi connectivity index (χ1) is 12.2. The van der Waals surface area contributed by atoms with E-state index in [1.165, 1.54) is 11.8 Å². The van der Waals surface area contributed by atoms with Gasteiger partial charge in [-0.2, -0.15) is 5.10 Å². The molecule has 0 amide bonds. The highest BCUT2D eigenvalue weighted by Crippen LogP contribution is 2.21. The van der Waals surface area contributed by atoms with Crippen LogP contribution in [0, 0.1) is 0 Å². The van der Waals surface area contributed by atoms with Crippen molar-refractivity contribution in [3.63, 3.8) is 0 Å². The summed E-state index contributed by atoms with van der Waals surface area (Å²) >= 11 is 16.6. The van der Waals surface area contributed by atoms with Gasteiger partial charge in [-0.15, -0.1) is 23.2 Å². The molecule has 1 N–H and O–H groups in total. The van der Waals surface area contributed by atoms with Crippen molar-refractivity contribution in [2.24, 2.45) is 5.10 Å². The number of anilines is 2. The zero-order chi connectivity index (χ0) is 18.1. The number of benzene rings is 1. The van der Waals surface area contributed by atoms with Crippen LogP contribution in [-0.4, -0.2) is 47.3 Å². The SMILES string of the molecule is CSc1ncc(Br)c(N/N=C/c2ccc(N(CCCl)CCCl)cc2)n1. The van der Waals surface area contributed by atoms with Crippen LogP contribution in [0.5, 0.6) is 0 Å². The Morgan fingerprint density at radius 1 is 1.24 bits per heavy atom. The van der Waals surface area contributed by atoms with Gasteiger partial charge in [0.2, 0.25) is 0 Å². The first kappa shape index (κ1) is 20.3. The van der Waals surface area contributed by atoms with Crippen molar-refractivity contribution in [1.82, 2.24) is 9.97 Å². The number of alkyl halides is 2. The first-order valence-electron chi connectivity index (χ1n) is 7.50. The second kappa shape index (κ2) is 10.9. The fourth-order valence-corrected chi connectivity index (χ4v) is 3.07. The minimum atomic E-state index is 0.565. The Morgan fingerprint density at radius 3 is 2.52 bits per heavy atom. The average molecular weight is 463 g/mol. The molecule has 5 nitrogen and oxygen atoms in total. The highest BCUT2D eigenvalue weighted by Gasteiger charge is 2.05. The lowest BCUT2D eigenvalue weighted by molar-refractivity contribution is 0.874. The van der Waals surface area contributed by atoms with E-state index in [9.17, 15) is 0 Å². The summed E-state index contributed by atoms with van der Waals surface area (Å²) in [6, 6.07) is 8.07. The highest BCUT2D eigenvalue weighted by molar-refractivity contribution is 9.10. The first-order valence-corrected chi connectivity index (χ1v) is 10.6. The van der Waals surface area contributed by atoms with Crippen LogP contribution in [0.1, 0.15) is 5.56 Å². The molecule has 134 valence electrons. The molecule has 2 aromatic rings. The van der Waals surface area contributed by atoms with Gasteiger partial charge in [-0.3, -0.25) is 5.43 Å². The van der Waals surface area contributed by atoms with Gasteiger partial charge in [-0.05, 0) is 39.9 Å². The van der Waals surface area contributed by atoms with Gasteiger partial charge in [-0.25, -0.2) is 9.97 Å². The third-order valence-electron chi connectivity index (χ3n) is 3.26. The summed E-state index contributed by atoms with van der Waals surface area (Å²) in [5, 5.41) is 4.92. The molecule has 0 aliphatic heterocycles. The standard InChI is InChI=1S/C16H18BrCl2N5S/c1-25-16-20-11-14(17)15(22-16)23-21-10-12-2-4-13(5-3-12)24(8-6-18)9-7-19/h2-5,10-11H,6-9H2,1H3,(H,20,22,23)/b21-10+. The molecule has 1 aromatic heterocycles. The van der Waals surface area contributed by atoms with Crippen LogP contribution in [0.3, 0.4) is 0 Å². The van der Waals surface area contributed by atoms with Crippen molar-refractivity contribution in [2.45, 2.75) is 5.16 Å². The molecular weight excluding hydrogens is 445 g/mol. The Bertz CT molecular complexity index is 693. The maximum atomic E-state index is 5.84. The quantitative estimate of drug-likeness (QED) is 0.192. The Balaban J connectivity index is 2.02. The topological polar surface area (TPSA) is 53.4 Å². The zero-order valence-electron chi connectivity index (χ0n) is 13.6. The van der Waals surface area contributed by atoms with Gasteiger partial charge >= 0.3 is 0 Å². The van der Waals surface area contributed by atoms with Crippen molar-refractivity contribution in [1.29, 1.82) is 0 Å². The van der Waals surface area contributed by atoms with Gasteiger partial charge < -0.3 is 4.90 Å². The van der Waals surface area contributed by atoms with E-state index in [0.717, 1.165) is 28.8 Å². The van der Waals surface area contributed by atoms with Gasteiger partial charge in [0.05, 0.1) is 10.7 Å². The maximum absolute atomic E-state index is 5.84. The van der Waals surface area contributed by atoms with Gasteiger partial charge in [0.25, 0.3) is 0 Å². The van der Waals surface area contributed by atoms with E-state index >= 15 is 0 Å². The molecule has 0 spiro atoms. The lowest BCUT2D eigenvalue weighted by Gasteiger charge is -2.22. The summed E-state index contributed by atoms with van der Waals surface area (Å²) in [6.07, 6.45) is 5.37. The van der Waals surface area contributed by atoms with Crippen LogP contribution in [0.2, 0.25) is 0 Å². The minimum absolute atomic E-state index is 0.565. The number of thioether (sulfide) groups is 1. The largest absolute Gasteiger partial charge is 0.369 e. The summed E-state index contributed by atoms with van der Waals surface area (Å²) in [5.41, 5.74) is 4.99. The predicted molar refractivity (Wildman–Crippen MR) is 113 cm³/mol. The van der Waals surface area contributed by atoms with Crippen LogP contribution in [-0.2, 0) is 0 Å². The number of hydrazone groups is 1. The predicted octanol–water partition coefficient (Wildman–Crippen LogP) is 4.69. The van der Waals surface area contributed by atoms with Crippen molar-refractivity contribution >= 4 is 68.6 Å². The monoisotopic (exact) mass is 461 g/mol. The number of nitrogens with zero attached hydrogens (tertiary/aromatic N) is 4. The Hall–Kier alpha value is -1.02. The summed E-state index contributed by atoms with van der Waals surface area (Å²) < 4.78 is 0.760.